The van der Waals surface area contributed by atoms with Crippen LogP contribution in [0.1, 0.15) is 252 Å². The Kier molecular flexibility index (Phi) is 58.7. The van der Waals surface area contributed by atoms with Gasteiger partial charge in [-0.25, -0.2) is 0 Å². The summed E-state index contributed by atoms with van der Waals surface area (Å²) in [6.45, 7) is 6.73. The predicted octanol–water partition coefficient (Wildman–Crippen LogP) is 10.3. The van der Waals surface area contributed by atoms with E-state index < -0.39 is 17.9 Å². The minimum Gasteiger partial charge on any atom is -0.550 e. The van der Waals surface area contributed by atoms with Gasteiger partial charge >= 0.3 is 35.6 Å². The average molecular weight is 821 g/mol. The van der Waals surface area contributed by atoms with Crippen LogP contribution in [0.3, 0.4) is 0 Å². The van der Waals surface area contributed by atoms with E-state index in [4.69, 9.17) is 0 Å². The first-order valence-corrected chi connectivity index (χ1v) is 20.9. The molecule has 0 aromatic rings. The molecule has 0 saturated carbocycles. The summed E-state index contributed by atoms with van der Waals surface area (Å²) >= 11 is 0. The van der Waals surface area contributed by atoms with Crippen LogP contribution >= 0.6 is 0 Å². The summed E-state index contributed by atoms with van der Waals surface area (Å²) < 4.78 is 0. The summed E-state index contributed by atoms with van der Waals surface area (Å²) in [6.07, 6.45) is 42.1. The second-order valence-electron chi connectivity index (χ2n) is 14.0. The van der Waals surface area contributed by atoms with Gasteiger partial charge in [0, 0.05) is 17.9 Å². The van der Waals surface area contributed by atoms with Crippen LogP contribution in [0.5, 0.6) is 0 Å². The Balaban J connectivity index is -0.000000307. The van der Waals surface area contributed by atoms with E-state index in [9.17, 15) is 29.7 Å². The topological polar surface area (TPSA) is 120 Å². The van der Waals surface area contributed by atoms with Gasteiger partial charge in [-0.1, -0.05) is 213 Å². The number of rotatable bonds is 36. The summed E-state index contributed by atoms with van der Waals surface area (Å²) in [6, 6.07) is 0. The van der Waals surface area contributed by atoms with Crippen molar-refractivity contribution in [1.29, 1.82) is 0 Å². The van der Waals surface area contributed by atoms with Gasteiger partial charge in [0.25, 0.3) is 0 Å². The molecule has 0 unspecified atom stereocenters. The Hall–Kier alpha value is -0.395. The second-order valence-corrected chi connectivity index (χ2v) is 14.0. The molecule has 0 aromatic heterocycles. The predicted molar refractivity (Wildman–Crippen MR) is 198 cm³/mol. The van der Waals surface area contributed by atoms with E-state index in [-0.39, 0.29) is 54.9 Å². The third-order valence-electron chi connectivity index (χ3n) is 8.95. The van der Waals surface area contributed by atoms with Gasteiger partial charge in [0.05, 0.1) is 0 Å². The molecule has 0 spiro atoms. The van der Waals surface area contributed by atoms with Crippen LogP contribution in [0.15, 0.2) is 0 Å². The minimum absolute atomic E-state index is 0. The molecule has 0 aliphatic heterocycles. The second kappa shape index (κ2) is 52.0. The number of hydrogen-bond donors (Lipinski definition) is 0. The van der Waals surface area contributed by atoms with E-state index in [2.05, 4.69) is 20.8 Å². The normalized spacial score (nSPS) is 10.3. The van der Waals surface area contributed by atoms with Crippen LogP contribution in [0.25, 0.3) is 0 Å². The molecule has 0 amide bonds. The molecule has 6 nitrogen and oxygen atoms in total. The Morgan fingerprint density at radius 1 is 0.265 bits per heavy atom. The zero-order valence-corrected chi connectivity index (χ0v) is 36.6. The smallest absolute Gasteiger partial charge is 0.550 e. The zero-order valence-electron chi connectivity index (χ0n) is 33.0. The van der Waals surface area contributed by atoms with Crippen molar-refractivity contribution < 1.29 is 65.3 Å². The zero-order chi connectivity index (χ0) is 36.2. The number of carbonyl (C=O) groups is 3. The minimum atomic E-state index is -0.907. The van der Waals surface area contributed by atoms with Crippen LogP contribution in [-0.4, -0.2) is 17.9 Å². The average Bonchev–Trinajstić information content (AvgIpc) is 3.05. The number of unbranched alkanes of at least 4 members (excludes halogenated alkanes) is 30. The van der Waals surface area contributed by atoms with E-state index in [0.717, 1.165) is 38.5 Å². The fourth-order valence-electron chi connectivity index (χ4n) is 5.80. The van der Waals surface area contributed by atoms with Crippen molar-refractivity contribution in [2.24, 2.45) is 0 Å². The fraction of sp³-hybridized carbons (Fsp3) is 0.929. The van der Waals surface area contributed by atoms with Crippen LogP contribution in [-0.2, 0) is 14.4 Å². The SMILES string of the molecule is CCCCCCCCCCCCCC(=O)[O-].CCCCCCCCCCCCCC(=O)[O-].CCCCCCCCCCCCCC(=O)[O-].[La+3]. The number of aliphatic carboxylic acids is 3. The third kappa shape index (κ3) is 66.4. The maximum absolute atomic E-state index is 10.1. The summed E-state index contributed by atoms with van der Waals surface area (Å²) in [4.78, 5) is 30.4. The third-order valence-corrected chi connectivity index (χ3v) is 8.95. The Bertz CT molecular complexity index is 557. The van der Waals surface area contributed by atoms with Crippen molar-refractivity contribution in [2.45, 2.75) is 252 Å². The molecular formula is C42H81LaO6. The Labute approximate surface area is 333 Å². The standard InChI is InChI=1S/3C14H28O2.La/c3*1-2-3-4-5-6-7-8-9-10-11-12-13-14(15)16;/h3*2-13H2,1H3,(H,15,16);/q;;;+3/p-3. The molecule has 0 bridgehead atoms. The van der Waals surface area contributed by atoms with E-state index in [1.807, 2.05) is 0 Å². The monoisotopic (exact) mass is 821 g/mol. The number of carboxylic acids is 3. The summed E-state index contributed by atoms with van der Waals surface area (Å²) in [5, 5.41) is 30.4. The largest absolute Gasteiger partial charge is 3.00 e. The van der Waals surface area contributed by atoms with E-state index >= 15 is 0 Å². The van der Waals surface area contributed by atoms with Crippen LogP contribution in [0.2, 0.25) is 0 Å². The van der Waals surface area contributed by atoms with Gasteiger partial charge in [0.15, 0.2) is 0 Å². The Morgan fingerprint density at radius 3 is 0.510 bits per heavy atom. The molecule has 0 aliphatic carbocycles. The van der Waals surface area contributed by atoms with Crippen molar-refractivity contribution >= 4 is 17.9 Å². The maximum atomic E-state index is 10.1. The van der Waals surface area contributed by atoms with Gasteiger partial charge in [-0.05, 0) is 38.5 Å². The maximum Gasteiger partial charge on any atom is 3.00 e. The van der Waals surface area contributed by atoms with E-state index in [1.54, 1.807) is 0 Å². The van der Waals surface area contributed by atoms with Gasteiger partial charge in [0.2, 0.25) is 0 Å². The molecule has 49 heavy (non-hydrogen) atoms. The summed E-state index contributed by atoms with van der Waals surface area (Å²) in [7, 11) is 0. The molecule has 0 rings (SSSR count). The molecule has 0 atom stereocenters. The summed E-state index contributed by atoms with van der Waals surface area (Å²) in [5.74, 6) is -2.72. The van der Waals surface area contributed by atoms with Crippen LogP contribution in [0.4, 0.5) is 0 Å². The molecule has 0 aliphatic rings. The van der Waals surface area contributed by atoms with Crippen molar-refractivity contribution in [3.05, 3.63) is 0 Å². The quantitative estimate of drug-likeness (QED) is 0.0581. The molecule has 0 aromatic carbocycles. The van der Waals surface area contributed by atoms with Gasteiger partial charge in [-0.2, -0.15) is 0 Å². The number of carboxylic acid groups (broad SMARTS) is 3. The number of hydrogen-bond acceptors (Lipinski definition) is 6. The first kappa shape index (κ1) is 55.4. The van der Waals surface area contributed by atoms with Crippen molar-refractivity contribution in [3.8, 4) is 0 Å². The van der Waals surface area contributed by atoms with Gasteiger partial charge in [-0.15, -0.1) is 0 Å². The molecule has 0 radical (unpaired) electrons. The van der Waals surface area contributed by atoms with E-state index in [0.29, 0.717) is 0 Å². The summed E-state index contributed by atoms with van der Waals surface area (Å²) in [5.41, 5.74) is 0. The first-order valence-electron chi connectivity index (χ1n) is 20.9. The van der Waals surface area contributed by atoms with Crippen LogP contribution in [0, 0.1) is 35.6 Å². The van der Waals surface area contributed by atoms with Gasteiger partial charge in [0.1, 0.15) is 0 Å². The number of carbonyl (C=O) groups excluding carboxylic acids is 3. The molecule has 0 fully saturated rings. The van der Waals surface area contributed by atoms with E-state index in [1.165, 1.54) is 173 Å². The van der Waals surface area contributed by atoms with Gasteiger partial charge < -0.3 is 29.7 Å². The Morgan fingerprint density at radius 2 is 0.388 bits per heavy atom. The van der Waals surface area contributed by atoms with Gasteiger partial charge in [-0.3, -0.25) is 0 Å². The molecule has 0 saturated heterocycles. The van der Waals surface area contributed by atoms with Crippen LogP contribution < -0.4 is 15.3 Å². The fourth-order valence-corrected chi connectivity index (χ4v) is 5.80. The molecule has 288 valence electrons. The molecule has 7 heteroatoms. The van der Waals surface area contributed by atoms with Crippen molar-refractivity contribution in [2.75, 3.05) is 0 Å². The first-order chi connectivity index (χ1) is 23.3. The molecule has 0 N–H and O–H groups in total. The van der Waals surface area contributed by atoms with Crippen molar-refractivity contribution in [1.82, 2.24) is 0 Å². The van der Waals surface area contributed by atoms with Crippen molar-refractivity contribution in [3.63, 3.8) is 0 Å². The molecular weight excluding hydrogens is 739 g/mol. The molecule has 0 heterocycles.